The molecule has 0 radical (unpaired) electrons. The van der Waals surface area contributed by atoms with Gasteiger partial charge in [0.15, 0.2) is 0 Å². The molecule has 3 fully saturated rings. The highest BCUT2D eigenvalue weighted by molar-refractivity contribution is 7.99. The molecule has 114 valence electrons. The maximum Gasteiger partial charge on any atom is 0.221 e. The highest BCUT2D eigenvalue weighted by atomic mass is 32.2. The van der Waals surface area contributed by atoms with E-state index in [9.17, 15) is 4.79 Å². The number of rotatable bonds is 4. The third-order valence-corrected chi connectivity index (χ3v) is 5.55. The molecule has 3 atom stereocenters. The number of morpholine rings is 1. The van der Waals surface area contributed by atoms with Crippen LogP contribution in [0.5, 0.6) is 0 Å². The summed E-state index contributed by atoms with van der Waals surface area (Å²) in [6.45, 7) is 4.68. The van der Waals surface area contributed by atoms with Gasteiger partial charge in [0.05, 0.1) is 12.7 Å². The van der Waals surface area contributed by atoms with E-state index in [1.807, 2.05) is 11.8 Å². The molecule has 5 nitrogen and oxygen atoms in total. The first kappa shape index (κ1) is 14.6. The molecule has 3 rings (SSSR count). The maximum absolute atomic E-state index is 12.0. The molecule has 6 heteroatoms. The van der Waals surface area contributed by atoms with E-state index in [0.717, 1.165) is 31.2 Å². The molecule has 0 bridgehead atoms. The minimum Gasteiger partial charge on any atom is -0.373 e. The third-order valence-electron chi connectivity index (χ3n) is 4.42. The Morgan fingerprint density at radius 1 is 1.50 bits per heavy atom. The standard InChI is InChI=1S/C14H25N3O2S/c18-14(6-11-10-20-5-3-15-11)16-7-13-8-17-4-1-2-12(17)9-19-13/h11-13,15H,1-10H2,(H,16,18). The zero-order chi connectivity index (χ0) is 13.8. The number of hydrogen-bond acceptors (Lipinski definition) is 5. The Balaban J connectivity index is 1.35. The molecule has 3 aliphatic heterocycles. The first-order valence-corrected chi connectivity index (χ1v) is 8.90. The summed E-state index contributed by atoms with van der Waals surface area (Å²) < 4.78 is 5.86. The normalized spacial score (nSPS) is 34.7. The van der Waals surface area contributed by atoms with Crippen LogP contribution in [-0.4, -0.2) is 73.3 Å². The lowest BCUT2D eigenvalue weighted by molar-refractivity contribution is -0.123. The van der Waals surface area contributed by atoms with Gasteiger partial charge in [0, 0.05) is 49.6 Å². The molecular formula is C14H25N3O2S. The fraction of sp³-hybridized carbons (Fsp3) is 0.929. The average molecular weight is 299 g/mol. The minimum atomic E-state index is 0.150. The van der Waals surface area contributed by atoms with Crippen LogP contribution < -0.4 is 10.6 Å². The SMILES string of the molecule is O=C(CC1CSCCN1)NCC1CN2CCCC2CO1. The number of nitrogens with one attached hydrogen (secondary N) is 2. The number of thioether (sulfide) groups is 1. The van der Waals surface area contributed by atoms with Gasteiger partial charge in [-0.1, -0.05) is 0 Å². The van der Waals surface area contributed by atoms with E-state index in [1.54, 1.807) is 0 Å². The molecule has 3 aliphatic rings. The van der Waals surface area contributed by atoms with Gasteiger partial charge in [0.25, 0.3) is 0 Å². The van der Waals surface area contributed by atoms with E-state index in [2.05, 4.69) is 15.5 Å². The highest BCUT2D eigenvalue weighted by Gasteiger charge is 2.32. The van der Waals surface area contributed by atoms with Crippen molar-refractivity contribution in [1.29, 1.82) is 0 Å². The molecule has 0 aromatic heterocycles. The van der Waals surface area contributed by atoms with Crippen molar-refractivity contribution in [3.05, 3.63) is 0 Å². The molecule has 2 N–H and O–H groups in total. The molecule has 3 heterocycles. The molecule has 0 aromatic carbocycles. The highest BCUT2D eigenvalue weighted by Crippen LogP contribution is 2.22. The Kier molecular flexibility index (Phi) is 5.20. The first-order chi connectivity index (χ1) is 9.81. The summed E-state index contributed by atoms with van der Waals surface area (Å²) in [5.41, 5.74) is 0. The molecule has 3 unspecified atom stereocenters. The van der Waals surface area contributed by atoms with Crippen LogP contribution in [0.2, 0.25) is 0 Å². The van der Waals surface area contributed by atoms with Crippen molar-refractivity contribution in [3.8, 4) is 0 Å². The minimum absolute atomic E-state index is 0.150. The van der Waals surface area contributed by atoms with E-state index in [-0.39, 0.29) is 12.0 Å². The number of carbonyl (C=O) groups excluding carboxylic acids is 1. The van der Waals surface area contributed by atoms with Crippen LogP contribution in [0.4, 0.5) is 0 Å². The molecule has 0 spiro atoms. The molecule has 3 saturated heterocycles. The van der Waals surface area contributed by atoms with Crippen molar-refractivity contribution in [2.45, 2.75) is 37.5 Å². The second-order valence-electron chi connectivity index (χ2n) is 5.98. The van der Waals surface area contributed by atoms with E-state index in [0.29, 0.717) is 25.0 Å². The van der Waals surface area contributed by atoms with E-state index in [4.69, 9.17) is 4.74 Å². The molecule has 0 aliphatic carbocycles. The van der Waals surface area contributed by atoms with Gasteiger partial charge in [-0.25, -0.2) is 0 Å². The second kappa shape index (κ2) is 7.11. The van der Waals surface area contributed by atoms with Gasteiger partial charge in [0.2, 0.25) is 5.91 Å². The van der Waals surface area contributed by atoms with E-state index >= 15 is 0 Å². The fourth-order valence-electron chi connectivity index (χ4n) is 3.28. The van der Waals surface area contributed by atoms with Crippen LogP contribution in [0.1, 0.15) is 19.3 Å². The predicted molar refractivity (Wildman–Crippen MR) is 81.1 cm³/mol. The maximum atomic E-state index is 12.0. The third kappa shape index (κ3) is 3.87. The predicted octanol–water partition coefficient (Wildman–Crippen LogP) is 0.0609. The number of hydrogen-bond donors (Lipinski definition) is 2. The Hall–Kier alpha value is -0.300. The van der Waals surface area contributed by atoms with Gasteiger partial charge in [-0.3, -0.25) is 9.69 Å². The fourth-order valence-corrected chi connectivity index (χ4v) is 4.23. The summed E-state index contributed by atoms with van der Waals surface area (Å²) in [5.74, 6) is 2.35. The van der Waals surface area contributed by atoms with Crippen molar-refractivity contribution in [2.75, 3.05) is 44.3 Å². The summed E-state index contributed by atoms with van der Waals surface area (Å²) in [5, 5.41) is 6.44. The lowest BCUT2D eigenvalue weighted by atomic mass is 10.2. The quantitative estimate of drug-likeness (QED) is 0.769. The lowest BCUT2D eigenvalue weighted by Crippen LogP contribution is -2.50. The summed E-state index contributed by atoms with van der Waals surface area (Å²) in [6, 6.07) is 0.967. The van der Waals surface area contributed by atoms with Crippen LogP contribution in [0, 0.1) is 0 Å². The topological polar surface area (TPSA) is 53.6 Å². The Morgan fingerprint density at radius 3 is 3.30 bits per heavy atom. The smallest absolute Gasteiger partial charge is 0.221 e. The first-order valence-electron chi connectivity index (χ1n) is 7.75. The monoisotopic (exact) mass is 299 g/mol. The van der Waals surface area contributed by atoms with Crippen LogP contribution >= 0.6 is 11.8 Å². The van der Waals surface area contributed by atoms with E-state index < -0.39 is 0 Å². The van der Waals surface area contributed by atoms with Crippen molar-refractivity contribution in [3.63, 3.8) is 0 Å². The van der Waals surface area contributed by atoms with Crippen LogP contribution in [0.15, 0.2) is 0 Å². The Morgan fingerprint density at radius 2 is 2.45 bits per heavy atom. The van der Waals surface area contributed by atoms with Gasteiger partial charge < -0.3 is 15.4 Å². The second-order valence-corrected chi connectivity index (χ2v) is 7.13. The molecule has 0 saturated carbocycles. The molecule has 0 aromatic rings. The molecular weight excluding hydrogens is 274 g/mol. The van der Waals surface area contributed by atoms with Gasteiger partial charge in [0.1, 0.15) is 0 Å². The number of fused-ring (bicyclic) bond motifs is 1. The number of ether oxygens (including phenoxy) is 1. The van der Waals surface area contributed by atoms with Crippen LogP contribution in [-0.2, 0) is 9.53 Å². The summed E-state index contributed by atoms with van der Waals surface area (Å²) >= 11 is 1.93. The number of carbonyl (C=O) groups is 1. The molecule has 20 heavy (non-hydrogen) atoms. The zero-order valence-electron chi connectivity index (χ0n) is 12.0. The van der Waals surface area contributed by atoms with Gasteiger partial charge >= 0.3 is 0 Å². The van der Waals surface area contributed by atoms with Gasteiger partial charge in [-0.2, -0.15) is 11.8 Å². The van der Waals surface area contributed by atoms with Crippen molar-refractivity contribution in [2.24, 2.45) is 0 Å². The summed E-state index contributed by atoms with van der Waals surface area (Å²) in [4.78, 5) is 14.5. The van der Waals surface area contributed by atoms with Crippen LogP contribution in [0.3, 0.4) is 0 Å². The summed E-state index contributed by atoms with van der Waals surface area (Å²) in [6.07, 6.45) is 3.32. The van der Waals surface area contributed by atoms with Crippen molar-refractivity contribution < 1.29 is 9.53 Å². The summed E-state index contributed by atoms with van der Waals surface area (Å²) in [7, 11) is 0. The van der Waals surface area contributed by atoms with Gasteiger partial charge in [-0.15, -0.1) is 0 Å². The largest absolute Gasteiger partial charge is 0.373 e. The van der Waals surface area contributed by atoms with Crippen molar-refractivity contribution in [1.82, 2.24) is 15.5 Å². The average Bonchev–Trinajstić information content (AvgIpc) is 2.93. The number of amides is 1. The number of nitrogens with zero attached hydrogens (tertiary/aromatic N) is 1. The van der Waals surface area contributed by atoms with Crippen molar-refractivity contribution >= 4 is 17.7 Å². The Labute approximate surface area is 125 Å². The van der Waals surface area contributed by atoms with Gasteiger partial charge in [-0.05, 0) is 19.4 Å². The Bertz CT molecular complexity index is 336. The lowest BCUT2D eigenvalue weighted by Gasteiger charge is -2.35. The van der Waals surface area contributed by atoms with Crippen LogP contribution in [0.25, 0.3) is 0 Å². The van der Waals surface area contributed by atoms with E-state index in [1.165, 1.54) is 19.4 Å². The molecule has 1 amide bonds. The zero-order valence-corrected chi connectivity index (χ0v) is 12.8.